The van der Waals surface area contributed by atoms with Gasteiger partial charge in [-0.3, -0.25) is 4.79 Å². The Morgan fingerprint density at radius 2 is 1.70 bits per heavy atom. The van der Waals surface area contributed by atoms with Crippen LogP contribution in [0.2, 0.25) is 0 Å². The third-order valence-corrected chi connectivity index (χ3v) is 7.01. The van der Waals surface area contributed by atoms with E-state index in [2.05, 4.69) is 38.6 Å². The fraction of sp³-hybridized carbons (Fsp3) is 0.241. The molecular weight excluding hydrogens is 464 g/mol. The number of para-hydroxylation sites is 2. The standard InChI is InChI=1S/C29H28N6O2/c1-20-19-33(16-17-34(20)28(36)23-13-7-9-15-25(23)37-2)29-30-24-14-8-6-12-22(24)27-32-31-26(35(27)29)18-21-10-4-3-5-11-21/h3-15,20H,16-19H2,1-2H3/t20-/m0/s1. The van der Waals surface area contributed by atoms with Crippen molar-refractivity contribution in [1.82, 2.24) is 24.5 Å². The molecule has 1 aliphatic rings. The maximum atomic E-state index is 13.4. The largest absolute Gasteiger partial charge is 0.496 e. The van der Waals surface area contributed by atoms with Gasteiger partial charge in [-0.25, -0.2) is 9.38 Å². The van der Waals surface area contributed by atoms with Crippen LogP contribution in [0.4, 0.5) is 5.95 Å². The lowest BCUT2D eigenvalue weighted by Crippen LogP contribution is -2.54. The van der Waals surface area contributed by atoms with E-state index in [1.54, 1.807) is 7.11 Å². The monoisotopic (exact) mass is 492 g/mol. The van der Waals surface area contributed by atoms with E-state index in [0.29, 0.717) is 37.4 Å². The summed E-state index contributed by atoms with van der Waals surface area (Å²) in [5, 5.41) is 10.1. The fourth-order valence-corrected chi connectivity index (χ4v) is 5.14. The Morgan fingerprint density at radius 1 is 0.946 bits per heavy atom. The summed E-state index contributed by atoms with van der Waals surface area (Å²) >= 11 is 0. The molecule has 37 heavy (non-hydrogen) atoms. The maximum absolute atomic E-state index is 13.4. The van der Waals surface area contributed by atoms with Crippen LogP contribution in [0, 0.1) is 0 Å². The summed E-state index contributed by atoms with van der Waals surface area (Å²) in [6.07, 6.45) is 0.650. The first-order valence-corrected chi connectivity index (χ1v) is 12.5. The average Bonchev–Trinajstić information content (AvgIpc) is 3.36. The highest BCUT2D eigenvalue weighted by atomic mass is 16.5. The zero-order valence-corrected chi connectivity index (χ0v) is 20.9. The van der Waals surface area contributed by atoms with Gasteiger partial charge < -0.3 is 14.5 Å². The van der Waals surface area contributed by atoms with Gasteiger partial charge in [-0.1, -0.05) is 54.6 Å². The Labute approximate surface area is 215 Å². The van der Waals surface area contributed by atoms with Crippen molar-refractivity contribution >= 4 is 28.4 Å². The summed E-state index contributed by atoms with van der Waals surface area (Å²) in [6.45, 7) is 3.94. The van der Waals surface area contributed by atoms with Gasteiger partial charge in [0.15, 0.2) is 5.65 Å². The van der Waals surface area contributed by atoms with Gasteiger partial charge in [0, 0.05) is 37.5 Å². The second-order valence-electron chi connectivity index (χ2n) is 9.36. The van der Waals surface area contributed by atoms with Gasteiger partial charge in [0.2, 0.25) is 5.95 Å². The molecule has 1 atom stereocenters. The van der Waals surface area contributed by atoms with Crippen LogP contribution in [0.15, 0.2) is 78.9 Å². The van der Waals surface area contributed by atoms with E-state index in [-0.39, 0.29) is 11.9 Å². The lowest BCUT2D eigenvalue weighted by Gasteiger charge is -2.40. The molecule has 0 unspecified atom stereocenters. The quantitative estimate of drug-likeness (QED) is 0.366. The molecule has 0 spiro atoms. The predicted octanol–water partition coefficient (Wildman–Crippen LogP) is 4.23. The summed E-state index contributed by atoms with van der Waals surface area (Å²) in [5.74, 6) is 2.22. The fourth-order valence-electron chi connectivity index (χ4n) is 5.14. The molecule has 0 radical (unpaired) electrons. The van der Waals surface area contributed by atoms with Crippen molar-refractivity contribution in [2.75, 3.05) is 31.6 Å². The van der Waals surface area contributed by atoms with Gasteiger partial charge in [0.05, 0.1) is 18.2 Å². The smallest absolute Gasteiger partial charge is 0.257 e. The zero-order valence-electron chi connectivity index (χ0n) is 20.9. The number of nitrogens with zero attached hydrogens (tertiary/aromatic N) is 6. The van der Waals surface area contributed by atoms with Crippen LogP contribution >= 0.6 is 0 Å². The topological polar surface area (TPSA) is 75.9 Å². The number of fused-ring (bicyclic) bond motifs is 3. The molecule has 1 fully saturated rings. The van der Waals surface area contributed by atoms with E-state index in [9.17, 15) is 4.79 Å². The number of amides is 1. The normalized spacial score (nSPS) is 15.9. The lowest BCUT2D eigenvalue weighted by molar-refractivity contribution is 0.0669. The molecule has 1 amide bonds. The van der Waals surface area contributed by atoms with E-state index in [1.165, 1.54) is 0 Å². The van der Waals surface area contributed by atoms with Gasteiger partial charge in [-0.15, -0.1) is 10.2 Å². The second kappa shape index (κ2) is 9.54. The molecule has 3 heterocycles. The number of rotatable bonds is 5. The molecule has 0 bridgehead atoms. The van der Waals surface area contributed by atoms with Crippen LogP contribution in [0.25, 0.3) is 16.6 Å². The van der Waals surface area contributed by atoms with E-state index >= 15 is 0 Å². The molecule has 8 heteroatoms. The number of benzene rings is 3. The van der Waals surface area contributed by atoms with Crippen molar-refractivity contribution in [3.8, 4) is 5.75 Å². The summed E-state index contributed by atoms with van der Waals surface area (Å²) in [4.78, 5) is 22.7. The summed E-state index contributed by atoms with van der Waals surface area (Å²) in [6, 6.07) is 25.7. The molecule has 0 saturated carbocycles. The maximum Gasteiger partial charge on any atom is 0.257 e. The number of hydrogen-bond donors (Lipinski definition) is 0. The van der Waals surface area contributed by atoms with Crippen molar-refractivity contribution < 1.29 is 9.53 Å². The lowest BCUT2D eigenvalue weighted by atomic mass is 10.1. The van der Waals surface area contributed by atoms with Crippen molar-refractivity contribution in [2.24, 2.45) is 0 Å². The van der Waals surface area contributed by atoms with Crippen LogP contribution in [-0.2, 0) is 6.42 Å². The molecule has 186 valence electrons. The van der Waals surface area contributed by atoms with E-state index in [1.807, 2.05) is 71.6 Å². The molecule has 1 aliphatic heterocycles. The molecule has 8 nitrogen and oxygen atoms in total. The van der Waals surface area contributed by atoms with Gasteiger partial charge in [-0.05, 0) is 36.8 Å². The Hall–Kier alpha value is -4.46. The third kappa shape index (κ3) is 4.14. The number of methoxy groups -OCH3 is 1. The first-order chi connectivity index (χ1) is 18.1. The Morgan fingerprint density at radius 3 is 2.51 bits per heavy atom. The highest BCUT2D eigenvalue weighted by Gasteiger charge is 2.31. The predicted molar refractivity (Wildman–Crippen MR) is 143 cm³/mol. The Bertz CT molecular complexity index is 1580. The second-order valence-corrected chi connectivity index (χ2v) is 9.36. The number of hydrogen-bond acceptors (Lipinski definition) is 6. The first kappa shape index (κ1) is 23.0. The summed E-state index contributed by atoms with van der Waals surface area (Å²) in [5.41, 5.74) is 3.42. The number of piperazine rings is 1. The minimum absolute atomic E-state index is 0.0183. The van der Waals surface area contributed by atoms with Crippen molar-refractivity contribution in [1.29, 1.82) is 0 Å². The van der Waals surface area contributed by atoms with Crippen LogP contribution in [0.3, 0.4) is 0 Å². The SMILES string of the molecule is COc1ccccc1C(=O)N1CCN(c2nc3ccccc3c3nnc(Cc4ccccc4)n23)C[C@@H]1C. The molecule has 5 aromatic rings. The molecule has 2 aromatic heterocycles. The number of carbonyl (C=O) groups is 1. The minimum Gasteiger partial charge on any atom is -0.496 e. The van der Waals surface area contributed by atoms with Crippen molar-refractivity contribution in [3.05, 3.63) is 95.8 Å². The highest BCUT2D eigenvalue weighted by molar-refractivity contribution is 5.97. The van der Waals surface area contributed by atoms with Gasteiger partial charge in [0.1, 0.15) is 11.6 Å². The van der Waals surface area contributed by atoms with E-state index in [0.717, 1.165) is 33.9 Å². The van der Waals surface area contributed by atoms with Crippen LogP contribution in [-0.4, -0.2) is 63.2 Å². The Kier molecular flexibility index (Phi) is 5.92. The third-order valence-electron chi connectivity index (χ3n) is 7.01. The van der Waals surface area contributed by atoms with Crippen LogP contribution in [0.1, 0.15) is 28.7 Å². The van der Waals surface area contributed by atoms with E-state index < -0.39 is 0 Å². The van der Waals surface area contributed by atoms with Gasteiger partial charge >= 0.3 is 0 Å². The zero-order chi connectivity index (χ0) is 25.4. The highest BCUT2D eigenvalue weighted by Crippen LogP contribution is 2.28. The number of aromatic nitrogens is 4. The van der Waals surface area contributed by atoms with Crippen LogP contribution < -0.4 is 9.64 Å². The average molecular weight is 493 g/mol. The number of carbonyl (C=O) groups excluding carboxylic acids is 1. The van der Waals surface area contributed by atoms with Crippen molar-refractivity contribution in [2.45, 2.75) is 19.4 Å². The number of ether oxygens (including phenoxy) is 1. The molecule has 0 N–H and O–H groups in total. The molecule has 6 rings (SSSR count). The molecule has 1 saturated heterocycles. The Balaban J connectivity index is 1.36. The number of anilines is 1. The minimum atomic E-state index is -0.0245. The first-order valence-electron chi connectivity index (χ1n) is 12.5. The van der Waals surface area contributed by atoms with E-state index in [4.69, 9.17) is 9.72 Å². The summed E-state index contributed by atoms with van der Waals surface area (Å²) in [7, 11) is 1.59. The van der Waals surface area contributed by atoms with Gasteiger partial charge in [0.25, 0.3) is 5.91 Å². The molecule has 3 aromatic carbocycles. The molecular formula is C29H28N6O2. The summed E-state index contributed by atoms with van der Waals surface area (Å²) < 4.78 is 7.52. The van der Waals surface area contributed by atoms with Crippen molar-refractivity contribution in [3.63, 3.8) is 0 Å². The molecule has 0 aliphatic carbocycles. The van der Waals surface area contributed by atoms with Crippen LogP contribution in [0.5, 0.6) is 5.75 Å². The van der Waals surface area contributed by atoms with Gasteiger partial charge in [-0.2, -0.15) is 0 Å².